The molecule has 0 amide bonds. The van der Waals surface area contributed by atoms with Gasteiger partial charge in [-0.15, -0.1) is 0 Å². The Labute approximate surface area is 168 Å². The van der Waals surface area contributed by atoms with Crippen molar-refractivity contribution >= 4 is 52.8 Å². The molecule has 2 aromatic carbocycles. The summed E-state index contributed by atoms with van der Waals surface area (Å²) in [4.78, 5) is 22.9. The molecular weight excluding hydrogens is 464 g/mol. The first-order chi connectivity index (χ1) is 12.5. The molecular formula is C20H16Br2O4. The Morgan fingerprint density at radius 3 is 1.19 bits per heavy atom. The predicted molar refractivity (Wildman–Crippen MR) is 109 cm³/mol. The van der Waals surface area contributed by atoms with Crippen LogP contribution in [0.25, 0.3) is 8.96 Å². The molecule has 0 aliphatic heterocycles. The van der Waals surface area contributed by atoms with E-state index in [0.29, 0.717) is 11.1 Å². The van der Waals surface area contributed by atoms with Gasteiger partial charge in [0, 0.05) is 8.96 Å². The predicted octanol–water partition coefficient (Wildman–Crippen LogP) is 5.43. The topological polar surface area (TPSA) is 52.6 Å². The molecule has 134 valence electrons. The van der Waals surface area contributed by atoms with E-state index >= 15 is 0 Å². The SMILES string of the molecule is COC(=O)c1ccc(/C(Br)=C/C=C(\Br)c2ccc(C(=O)OC)cc2)cc1. The van der Waals surface area contributed by atoms with Crippen molar-refractivity contribution in [1.82, 2.24) is 0 Å². The highest BCUT2D eigenvalue weighted by Gasteiger charge is 2.06. The number of halogens is 2. The lowest BCUT2D eigenvalue weighted by molar-refractivity contribution is 0.0592. The molecule has 0 spiro atoms. The van der Waals surface area contributed by atoms with Gasteiger partial charge in [-0.05, 0) is 47.5 Å². The van der Waals surface area contributed by atoms with Gasteiger partial charge in [0.2, 0.25) is 0 Å². The van der Waals surface area contributed by atoms with Crippen molar-refractivity contribution in [3.63, 3.8) is 0 Å². The van der Waals surface area contributed by atoms with E-state index in [4.69, 9.17) is 0 Å². The van der Waals surface area contributed by atoms with Crippen LogP contribution in [-0.2, 0) is 9.47 Å². The average molecular weight is 480 g/mol. The molecule has 0 aliphatic carbocycles. The fourth-order valence-electron chi connectivity index (χ4n) is 2.11. The highest BCUT2D eigenvalue weighted by Crippen LogP contribution is 2.26. The van der Waals surface area contributed by atoms with Crippen LogP contribution in [0.3, 0.4) is 0 Å². The molecule has 2 aromatic rings. The second kappa shape index (κ2) is 9.50. The molecule has 0 saturated carbocycles. The molecule has 0 aliphatic rings. The smallest absolute Gasteiger partial charge is 0.337 e. The van der Waals surface area contributed by atoms with Crippen molar-refractivity contribution in [2.45, 2.75) is 0 Å². The van der Waals surface area contributed by atoms with Gasteiger partial charge in [-0.25, -0.2) is 9.59 Å². The number of esters is 2. The van der Waals surface area contributed by atoms with Crippen LogP contribution in [0, 0.1) is 0 Å². The van der Waals surface area contributed by atoms with E-state index in [-0.39, 0.29) is 11.9 Å². The molecule has 4 nitrogen and oxygen atoms in total. The number of benzene rings is 2. The Morgan fingerprint density at radius 1 is 0.654 bits per heavy atom. The van der Waals surface area contributed by atoms with Crippen molar-refractivity contribution in [2.24, 2.45) is 0 Å². The molecule has 0 aromatic heterocycles. The molecule has 0 fully saturated rings. The average Bonchev–Trinajstić information content (AvgIpc) is 2.70. The number of carbonyl (C=O) groups is 2. The van der Waals surface area contributed by atoms with Gasteiger partial charge < -0.3 is 9.47 Å². The van der Waals surface area contributed by atoms with Crippen molar-refractivity contribution in [1.29, 1.82) is 0 Å². The lowest BCUT2D eigenvalue weighted by Crippen LogP contribution is -2.00. The molecule has 0 atom stereocenters. The quantitative estimate of drug-likeness (QED) is 0.423. The summed E-state index contributed by atoms with van der Waals surface area (Å²) in [5.41, 5.74) is 2.85. The number of carbonyl (C=O) groups excluding carboxylic acids is 2. The summed E-state index contributed by atoms with van der Waals surface area (Å²) in [6, 6.07) is 14.2. The van der Waals surface area contributed by atoms with E-state index in [1.165, 1.54) is 14.2 Å². The van der Waals surface area contributed by atoms with Crippen molar-refractivity contribution in [3.05, 3.63) is 82.9 Å². The van der Waals surface area contributed by atoms with Crippen LogP contribution in [0.15, 0.2) is 60.7 Å². The Bertz CT molecular complexity index is 777. The summed E-state index contributed by atoms with van der Waals surface area (Å²) < 4.78 is 11.1. The van der Waals surface area contributed by atoms with Crippen LogP contribution < -0.4 is 0 Å². The largest absolute Gasteiger partial charge is 0.465 e. The zero-order valence-corrected chi connectivity index (χ0v) is 17.3. The molecule has 2 rings (SSSR count). The minimum absolute atomic E-state index is 0.366. The normalized spacial score (nSPS) is 11.8. The van der Waals surface area contributed by atoms with Crippen molar-refractivity contribution in [2.75, 3.05) is 14.2 Å². The standard InChI is InChI=1S/C20H16Br2O4/c1-25-19(23)15-7-3-13(4-8-15)17(21)11-12-18(22)14-5-9-16(10-6-14)20(24)26-2/h3-12H,1-2H3/b17-11-,18-12-. The summed E-state index contributed by atoms with van der Waals surface area (Å²) in [7, 11) is 2.71. The Balaban J connectivity index is 2.15. The number of allylic oxidation sites excluding steroid dienone is 2. The number of hydrogen-bond acceptors (Lipinski definition) is 4. The number of rotatable bonds is 5. The van der Waals surface area contributed by atoms with Gasteiger partial charge in [-0.2, -0.15) is 0 Å². The molecule has 0 bridgehead atoms. The number of methoxy groups -OCH3 is 2. The summed E-state index contributed by atoms with van der Waals surface area (Å²) in [5.74, 6) is -0.732. The van der Waals surface area contributed by atoms with E-state index in [1.807, 2.05) is 36.4 Å². The molecule has 26 heavy (non-hydrogen) atoms. The molecule has 0 saturated heterocycles. The monoisotopic (exact) mass is 478 g/mol. The summed E-state index contributed by atoms with van der Waals surface area (Å²) in [6.45, 7) is 0. The summed E-state index contributed by atoms with van der Waals surface area (Å²) in [6.07, 6.45) is 3.79. The maximum absolute atomic E-state index is 11.5. The van der Waals surface area contributed by atoms with Gasteiger partial charge in [0.1, 0.15) is 0 Å². The Morgan fingerprint density at radius 2 is 0.923 bits per heavy atom. The highest BCUT2D eigenvalue weighted by molar-refractivity contribution is 9.15. The molecule has 0 N–H and O–H groups in total. The second-order valence-electron chi connectivity index (χ2n) is 5.17. The Hall–Kier alpha value is -2.18. The van der Waals surface area contributed by atoms with Gasteiger partial charge in [0.05, 0.1) is 25.3 Å². The van der Waals surface area contributed by atoms with Crippen molar-refractivity contribution < 1.29 is 19.1 Å². The molecule has 6 heteroatoms. The van der Waals surface area contributed by atoms with Crippen molar-refractivity contribution in [3.8, 4) is 0 Å². The van der Waals surface area contributed by atoms with Gasteiger partial charge in [0.25, 0.3) is 0 Å². The fourth-order valence-corrected chi connectivity index (χ4v) is 2.90. The maximum atomic E-state index is 11.5. The van der Waals surface area contributed by atoms with E-state index in [0.717, 1.165) is 20.1 Å². The summed E-state index contributed by atoms with van der Waals surface area (Å²) in [5, 5.41) is 0. The third-order valence-corrected chi connectivity index (χ3v) is 4.98. The van der Waals surface area contributed by atoms with Gasteiger partial charge in [-0.3, -0.25) is 0 Å². The third-order valence-electron chi connectivity index (χ3n) is 3.54. The lowest BCUT2D eigenvalue weighted by Gasteiger charge is -2.03. The van der Waals surface area contributed by atoms with Gasteiger partial charge in [0.15, 0.2) is 0 Å². The fraction of sp³-hybridized carbons (Fsp3) is 0.100. The highest BCUT2D eigenvalue weighted by atomic mass is 79.9. The van der Waals surface area contributed by atoms with Crippen LogP contribution in [-0.4, -0.2) is 26.2 Å². The minimum atomic E-state index is -0.366. The van der Waals surface area contributed by atoms with Gasteiger partial charge >= 0.3 is 11.9 Å². The van der Waals surface area contributed by atoms with Crippen LogP contribution in [0.5, 0.6) is 0 Å². The van der Waals surface area contributed by atoms with Crippen LogP contribution in [0.2, 0.25) is 0 Å². The first-order valence-electron chi connectivity index (χ1n) is 7.56. The van der Waals surface area contributed by atoms with E-state index in [1.54, 1.807) is 24.3 Å². The second-order valence-corrected chi connectivity index (χ2v) is 6.88. The van der Waals surface area contributed by atoms with Crippen LogP contribution >= 0.6 is 31.9 Å². The maximum Gasteiger partial charge on any atom is 0.337 e. The van der Waals surface area contributed by atoms with Crippen LogP contribution in [0.1, 0.15) is 31.8 Å². The zero-order valence-electron chi connectivity index (χ0n) is 14.2. The first-order valence-corrected chi connectivity index (χ1v) is 9.15. The minimum Gasteiger partial charge on any atom is -0.465 e. The molecule has 0 unspecified atom stereocenters. The number of hydrogen-bond donors (Lipinski definition) is 0. The van der Waals surface area contributed by atoms with Crippen LogP contribution in [0.4, 0.5) is 0 Å². The third kappa shape index (κ3) is 5.16. The van der Waals surface area contributed by atoms with E-state index < -0.39 is 0 Å². The Kier molecular flexibility index (Phi) is 7.36. The lowest BCUT2D eigenvalue weighted by atomic mass is 10.1. The molecule has 0 heterocycles. The van der Waals surface area contributed by atoms with Gasteiger partial charge in [-0.1, -0.05) is 56.1 Å². The zero-order chi connectivity index (χ0) is 19.1. The summed E-state index contributed by atoms with van der Waals surface area (Å²) >= 11 is 7.05. The van der Waals surface area contributed by atoms with E-state index in [2.05, 4.69) is 41.3 Å². The van der Waals surface area contributed by atoms with E-state index in [9.17, 15) is 9.59 Å². The number of ether oxygens (including phenoxy) is 2. The molecule has 0 radical (unpaired) electrons. The first kappa shape index (κ1) is 20.1.